The third kappa shape index (κ3) is 3.12. The number of nitrogen functional groups attached to an aromatic ring is 1. The topological polar surface area (TPSA) is 26.0 Å². The SMILES string of the molecule is CC/C=C/c1ccc(C(C)(C)C)cc1N. The molecule has 0 aliphatic heterocycles. The highest BCUT2D eigenvalue weighted by molar-refractivity contribution is 5.65. The van der Waals surface area contributed by atoms with E-state index in [-0.39, 0.29) is 5.41 Å². The van der Waals surface area contributed by atoms with Crippen LogP contribution in [0.1, 0.15) is 45.2 Å². The van der Waals surface area contributed by atoms with E-state index in [0.717, 1.165) is 17.7 Å². The van der Waals surface area contributed by atoms with Crippen LogP contribution in [-0.2, 0) is 5.41 Å². The summed E-state index contributed by atoms with van der Waals surface area (Å²) in [6, 6.07) is 6.34. The van der Waals surface area contributed by atoms with E-state index < -0.39 is 0 Å². The lowest BCUT2D eigenvalue weighted by atomic mass is 9.86. The fourth-order valence-corrected chi connectivity index (χ4v) is 1.44. The van der Waals surface area contributed by atoms with Crippen LogP contribution in [0.5, 0.6) is 0 Å². The van der Waals surface area contributed by atoms with Gasteiger partial charge in [-0.2, -0.15) is 0 Å². The van der Waals surface area contributed by atoms with E-state index >= 15 is 0 Å². The number of benzene rings is 1. The average Bonchev–Trinajstić information content (AvgIpc) is 2.14. The predicted octanol–water partition coefficient (Wildman–Crippen LogP) is 3.99. The van der Waals surface area contributed by atoms with Gasteiger partial charge < -0.3 is 5.73 Å². The summed E-state index contributed by atoms with van der Waals surface area (Å²) in [7, 11) is 0. The molecule has 0 radical (unpaired) electrons. The lowest BCUT2D eigenvalue weighted by Crippen LogP contribution is -2.11. The van der Waals surface area contributed by atoms with Gasteiger partial charge in [-0.25, -0.2) is 0 Å². The summed E-state index contributed by atoms with van der Waals surface area (Å²) in [4.78, 5) is 0. The van der Waals surface area contributed by atoms with Crippen LogP contribution < -0.4 is 5.73 Å². The number of nitrogens with two attached hydrogens (primary N) is 1. The Morgan fingerprint density at radius 3 is 2.40 bits per heavy atom. The van der Waals surface area contributed by atoms with Crippen LogP contribution >= 0.6 is 0 Å². The molecular weight excluding hydrogens is 182 g/mol. The van der Waals surface area contributed by atoms with Gasteiger partial charge in [-0.3, -0.25) is 0 Å². The molecule has 2 N–H and O–H groups in total. The van der Waals surface area contributed by atoms with Gasteiger partial charge in [-0.1, -0.05) is 52.0 Å². The molecule has 0 unspecified atom stereocenters. The van der Waals surface area contributed by atoms with Crippen LogP contribution in [0.25, 0.3) is 6.08 Å². The molecule has 82 valence electrons. The largest absolute Gasteiger partial charge is 0.398 e. The normalized spacial score (nSPS) is 12.3. The summed E-state index contributed by atoms with van der Waals surface area (Å²) < 4.78 is 0. The molecule has 1 aromatic rings. The highest BCUT2D eigenvalue weighted by Gasteiger charge is 2.13. The molecule has 0 saturated carbocycles. The van der Waals surface area contributed by atoms with Gasteiger partial charge in [0.25, 0.3) is 0 Å². The molecule has 1 nitrogen and oxygen atoms in total. The molecule has 0 aromatic heterocycles. The summed E-state index contributed by atoms with van der Waals surface area (Å²) >= 11 is 0. The molecule has 1 aromatic carbocycles. The number of hydrogen-bond donors (Lipinski definition) is 1. The first-order valence-electron chi connectivity index (χ1n) is 5.51. The van der Waals surface area contributed by atoms with Gasteiger partial charge in [-0.05, 0) is 29.0 Å². The molecule has 0 spiro atoms. The zero-order chi connectivity index (χ0) is 11.5. The van der Waals surface area contributed by atoms with Gasteiger partial charge in [-0.15, -0.1) is 0 Å². The van der Waals surface area contributed by atoms with E-state index in [0.29, 0.717) is 0 Å². The highest BCUT2D eigenvalue weighted by atomic mass is 14.6. The van der Waals surface area contributed by atoms with Crippen molar-refractivity contribution in [3.63, 3.8) is 0 Å². The van der Waals surface area contributed by atoms with E-state index in [1.807, 2.05) is 0 Å². The van der Waals surface area contributed by atoms with Gasteiger partial charge >= 0.3 is 0 Å². The standard InChI is InChI=1S/C14H21N/c1-5-6-7-11-8-9-12(10-13(11)15)14(2,3)4/h6-10H,5,15H2,1-4H3/b7-6+. The Labute approximate surface area is 93.0 Å². The second kappa shape index (κ2) is 4.52. The van der Waals surface area contributed by atoms with E-state index in [4.69, 9.17) is 5.73 Å². The second-order valence-corrected chi connectivity index (χ2v) is 4.90. The molecule has 0 atom stereocenters. The minimum absolute atomic E-state index is 0.168. The summed E-state index contributed by atoms with van der Waals surface area (Å²) in [6.45, 7) is 8.71. The van der Waals surface area contributed by atoms with Crippen molar-refractivity contribution in [1.29, 1.82) is 0 Å². The predicted molar refractivity (Wildman–Crippen MR) is 68.9 cm³/mol. The summed E-state index contributed by atoms with van der Waals surface area (Å²) in [6.07, 6.45) is 5.25. The fraction of sp³-hybridized carbons (Fsp3) is 0.429. The smallest absolute Gasteiger partial charge is 0.0390 e. The molecule has 0 bridgehead atoms. The third-order valence-corrected chi connectivity index (χ3v) is 2.49. The molecule has 0 fully saturated rings. The Balaban J connectivity index is 3.04. The van der Waals surface area contributed by atoms with E-state index in [1.165, 1.54) is 5.56 Å². The van der Waals surface area contributed by atoms with E-state index in [1.54, 1.807) is 0 Å². The first-order valence-corrected chi connectivity index (χ1v) is 5.51. The van der Waals surface area contributed by atoms with Crippen molar-refractivity contribution in [3.8, 4) is 0 Å². The number of anilines is 1. The highest BCUT2D eigenvalue weighted by Crippen LogP contribution is 2.26. The Morgan fingerprint density at radius 2 is 1.93 bits per heavy atom. The summed E-state index contributed by atoms with van der Waals surface area (Å²) in [5, 5.41) is 0. The Morgan fingerprint density at radius 1 is 1.27 bits per heavy atom. The zero-order valence-electron chi connectivity index (χ0n) is 10.2. The van der Waals surface area contributed by atoms with Crippen molar-refractivity contribution in [2.24, 2.45) is 0 Å². The van der Waals surface area contributed by atoms with Crippen molar-refractivity contribution in [1.82, 2.24) is 0 Å². The van der Waals surface area contributed by atoms with Crippen LogP contribution in [0.4, 0.5) is 5.69 Å². The zero-order valence-corrected chi connectivity index (χ0v) is 10.2. The molecule has 1 heteroatoms. The van der Waals surface area contributed by atoms with E-state index in [9.17, 15) is 0 Å². The molecule has 1 rings (SSSR count). The molecular formula is C14H21N. The van der Waals surface area contributed by atoms with Crippen LogP contribution in [0.3, 0.4) is 0 Å². The van der Waals surface area contributed by atoms with Crippen molar-refractivity contribution >= 4 is 11.8 Å². The van der Waals surface area contributed by atoms with Crippen LogP contribution in [0.15, 0.2) is 24.3 Å². The molecule has 0 aliphatic carbocycles. The number of hydrogen-bond acceptors (Lipinski definition) is 1. The quantitative estimate of drug-likeness (QED) is 0.723. The van der Waals surface area contributed by atoms with Crippen LogP contribution in [0, 0.1) is 0 Å². The molecule has 15 heavy (non-hydrogen) atoms. The van der Waals surface area contributed by atoms with Gasteiger partial charge in [0.05, 0.1) is 0 Å². The van der Waals surface area contributed by atoms with E-state index in [2.05, 4.69) is 58.0 Å². The maximum atomic E-state index is 6.01. The summed E-state index contributed by atoms with van der Waals surface area (Å²) in [5.74, 6) is 0. The van der Waals surface area contributed by atoms with Gasteiger partial charge in [0.2, 0.25) is 0 Å². The van der Waals surface area contributed by atoms with Crippen LogP contribution in [-0.4, -0.2) is 0 Å². The first-order chi connectivity index (χ1) is 6.95. The monoisotopic (exact) mass is 203 g/mol. The number of rotatable bonds is 2. The molecule has 0 heterocycles. The Bertz CT molecular complexity index is 356. The Hall–Kier alpha value is -1.24. The maximum absolute atomic E-state index is 6.01. The molecule has 0 amide bonds. The van der Waals surface area contributed by atoms with Gasteiger partial charge in [0, 0.05) is 5.69 Å². The van der Waals surface area contributed by atoms with Gasteiger partial charge in [0.1, 0.15) is 0 Å². The minimum atomic E-state index is 0.168. The van der Waals surface area contributed by atoms with Crippen molar-refractivity contribution < 1.29 is 0 Å². The second-order valence-electron chi connectivity index (χ2n) is 4.90. The third-order valence-electron chi connectivity index (χ3n) is 2.49. The average molecular weight is 203 g/mol. The van der Waals surface area contributed by atoms with Crippen molar-refractivity contribution in [2.75, 3.05) is 5.73 Å². The van der Waals surface area contributed by atoms with Crippen LogP contribution in [0.2, 0.25) is 0 Å². The number of allylic oxidation sites excluding steroid dienone is 1. The minimum Gasteiger partial charge on any atom is -0.398 e. The van der Waals surface area contributed by atoms with Crippen molar-refractivity contribution in [2.45, 2.75) is 39.5 Å². The lowest BCUT2D eigenvalue weighted by molar-refractivity contribution is 0.590. The molecule has 0 aliphatic rings. The Kier molecular flexibility index (Phi) is 3.57. The van der Waals surface area contributed by atoms with Crippen molar-refractivity contribution in [3.05, 3.63) is 35.4 Å². The maximum Gasteiger partial charge on any atom is 0.0390 e. The van der Waals surface area contributed by atoms with Gasteiger partial charge in [0.15, 0.2) is 0 Å². The summed E-state index contributed by atoms with van der Waals surface area (Å²) in [5.41, 5.74) is 9.44. The fourth-order valence-electron chi connectivity index (χ4n) is 1.44. The molecule has 0 saturated heterocycles. The lowest BCUT2D eigenvalue weighted by Gasteiger charge is -2.19. The first kappa shape index (κ1) is 11.8.